The predicted octanol–water partition coefficient (Wildman–Crippen LogP) is 4.65. The van der Waals surface area contributed by atoms with Crippen molar-refractivity contribution in [2.45, 2.75) is 44.6 Å². The van der Waals surface area contributed by atoms with Crippen LogP contribution in [0.4, 0.5) is 0 Å². The molecule has 3 aliphatic rings. The molecule has 1 heteroatoms. The largest absolute Gasteiger partial charge is 0.300 e. The highest BCUT2D eigenvalue weighted by Gasteiger charge is 2.60. The van der Waals surface area contributed by atoms with Crippen molar-refractivity contribution < 1.29 is 0 Å². The van der Waals surface area contributed by atoms with Crippen LogP contribution in [0.25, 0.3) is 0 Å². The van der Waals surface area contributed by atoms with Crippen LogP contribution in [-0.4, -0.2) is 24.0 Å². The van der Waals surface area contributed by atoms with Gasteiger partial charge in [-0.2, -0.15) is 0 Å². The number of hydrogen-bond donors (Lipinski definition) is 0. The van der Waals surface area contributed by atoms with Gasteiger partial charge in [0.1, 0.15) is 0 Å². The van der Waals surface area contributed by atoms with Crippen molar-refractivity contribution in [1.82, 2.24) is 4.90 Å². The molecule has 2 aliphatic heterocycles. The highest BCUT2D eigenvalue weighted by Crippen LogP contribution is 2.60. The van der Waals surface area contributed by atoms with Gasteiger partial charge in [-0.25, -0.2) is 0 Å². The lowest BCUT2D eigenvalue weighted by Gasteiger charge is -2.65. The normalized spacial score (nSPS) is 36.0. The quantitative estimate of drug-likeness (QED) is 0.740. The monoisotopic (exact) mass is 317 g/mol. The standard InChI is InChI=1S/C23H27N/c1-22(2)12-14-24-15-13-23(18-9-4-3-5-10-18)19-11-7-6-8-17(19)16-20(24)21(22)23/h3-11,20-21H,12-16H2,1-2H3. The van der Waals surface area contributed by atoms with Crippen LogP contribution in [0.15, 0.2) is 54.6 Å². The molecule has 1 aliphatic carbocycles. The smallest absolute Gasteiger partial charge is 0.0266 e. The minimum Gasteiger partial charge on any atom is -0.300 e. The van der Waals surface area contributed by atoms with Crippen LogP contribution >= 0.6 is 0 Å². The van der Waals surface area contributed by atoms with Crippen LogP contribution in [0.5, 0.6) is 0 Å². The molecule has 24 heavy (non-hydrogen) atoms. The Labute approximate surface area is 145 Å². The van der Waals surface area contributed by atoms with Crippen molar-refractivity contribution in [2.75, 3.05) is 13.1 Å². The Balaban J connectivity index is 1.82. The van der Waals surface area contributed by atoms with Gasteiger partial charge in [0.05, 0.1) is 0 Å². The fourth-order valence-corrected chi connectivity index (χ4v) is 6.36. The molecule has 0 N–H and O–H groups in total. The van der Waals surface area contributed by atoms with Crippen molar-refractivity contribution in [3.05, 3.63) is 71.3 Å². The van der Waals surface area contributed by atoms with Gasteiger partial charge in [0.25, 0.3) is 0 Å². The zero-order valence-electron chi connectivity index (χ0n) is 14.8. The molecule has 5 rings (SSSR count). The summed E-state index contributed by atoms with van der Waals surface area (Å²) in [5.74, 6) is 0.713. The molecule has 2 aromatic carbocycles. The minimum absolute atomic E-state index is 0.196. The van der Waals surface area contributed by atoms with Crippen molar-refractivity contribution in [3.8, 4) is 0 Å². The number of hydrogen-bond acceptors (Lipinski definition) is 1. The van der Waals surface area contributed by atoms with Crippen molar-refractivity contribution in [1.29, 1.82) is 0 Å². The number of fused-ring (bicyclic) bond motifs is 2. The summed E-state index contributed by atoms with van der Waals surface area (Å²) >= 11 is 0. The fourth-order valence-electron chi connectivity index (χ4n) is 6.36. The highest BCUT2D eigenvalue weighted by molar-refractivity contribution is 5.50. The SMILES string of the molecule is CC1(C)CCN2CCC3(c4ccccc4)c4ccccc4CC2C13. The average Bonchev–Trinajstić information content (AvgIpc) is 2.60. The Morgan fingerprint density at radius 1 is 0.875 bits per heavy atom. The molecule has 4 atom stereocenters. The second-order valence-corrected chi connectivity index (χ2v) is 8.77. The van der Waals surface area contributed by atoms with Crippen molar-refractivity contribution in [3.63, 3.8) is 0 Å². The van der Waals surface area contributed by atoms with Gasteiger partial charge in [-0.15, -0.1) is 0 Å². The van der Waals surface area contributed by atoms with E-state index in [9.17, 15) is 0 Å². The molecule has 124 valence electrons. The lowest BCUT2D eigenvalue weighted by molar-refractivity contribution is -0.0800. The molecule has 4 unspecified atom stereocenters. The Hall–Kier alpha value is -1.60. The maximum atomic E-state index is 2.80. The van der Waals surface area contributed by atoms with Gasteiger partial charge >= 0.3 is 0 Å². The fraction of sp³-hybridized carbons (Fsp3) is 0.478. The first-order valence-corrected chi connectivity index (χ1v) is 9.51. The second kappa shape index (κ2) is 4.95. The molecule has 0 spiro atoms. The van der Waals surface area contributed by atoms with E-state index in [1.807, 2.05) is 0 Å². The lowest BCUT2D eigenvalue weighted by Crippen LogP contribution is -2.67. The molecule has 2 heterocycles. The molecule has 0 amide bonds. The third kappa shape index (κ3) is 1.80. The number of nitrogens with zero attached hydrogens (tertiary/aromatic N) is 1. The van der Waals surface area contributed by atoms with E-state index < -0.39 is 0 Å². The van der Waals surface area contributed by atoms with Gasteiger partial charge in [-0.1, -0.05) is 68.4 Å². The summed E-state index contributed by atoms with van der Waals surface area (Å²) in [6.07, 6.45) is 3.82. The Kier molecular flexibility index (Phi) is 3.04. The third-order valence-electron chi connectivity index (χ3n) is 7.28. The van der Waals surface area contributed by atoms with Gasteiger partial charge in [0.15, 0.2) is 0 Å². The third-order valence-corrected chi connectivity index (χ3v) is 7.28. The highest BCUT2D eigenvalue weighted by atomic mass is 15.2. The van der Waals surface area contributed by atoms with Gasteiger partial charge < -0.3 is 0 Å². The maximum absolute atomic E-state index is 2.80. The molecule has 4 bridgehead atoms. The van der Waals surface area contributed by atoms with E-state index in [2.05, 4.69) is 73.3 Å². The number of rotatable bonds is 1. The van der Waals surface area contributed by atoms with Crippen LogP contribution in [-0.2, 0) is 11.8 Å². The van der Waals surface area contributed by atoms with E-state index in [0.29, 0.717) is 17.4 Å². The van der Waals surface area contributed by atoms with Crippen LogP contribution in [0.1, 0.15) is 43.4 Å². The molecule has 2 aromatic rings. The molecular weight excluding hydrogens is 290 g/mol. The summed E-state index contributed by atoms with van der Waals surface area (Å²) in [4.78, 5) is 2.80. The van der Waals surface area contributed by atoms with Crippen LogP contribution < -0.4 is 0 Å². The average molecular weight is 317 g/mol. The van der Waals surface area contributed by atoms with Crippen molar-refractivity contribution >= 4 is 0 Å². The minimum atomic E-state index is 0.196. The van der Waals surface area contributed by atoms with Gasteiger partial charge in [0.2, 0.25) is 0 Å². The Morgan fingerprint density at radius 2 is 1.58 bits per heavy atom. The molecule has 2 saturated heterocycles. The van der Waals surface area contributed by atoms with E-state index in [1.165, 1.54) is 32.4 Å². The Bertz CT molecular complexity index is 763. The molecule has 0 radical (unpaired) electrons. The second-order valence-electron chi connectivity index (χ2n) is 8.77. The van der Waals surface area contributed by atoms with E-state index >= 15 is 0 Å². The zero-order valence-corrected chi connectivity index (χ0v) is 14.8. The van der Waals surface area contributed by atoms with E-state index in [0.717, 1.165) is 0 Å². The van der Waals surface area contributed by atoms with Gasteiger partial charge in [0, 0.05) is 11.5 Å². The summed E-state index contributed by atoms with van der Waals surface area (Å²) in [5, 5.41) is 0. The lowest BCUT2D eigenvalue weighted by atomic mass is 9.46. The summed E-state index contributed by atoms with van der Waals surface area (Å²) in [6.45, 7) is 7.58. The number of piperidine rings is 2. The van der Waals surface area contributed by atoms with Crippen LogP contribution in [0.2, 0.25) is 0 Å². The summed E-state index contributed by atoms with van der Waals surface area (Å²) in [6, 6.07) is 21.4. The number of benzene rings is 2. The van der Waals surface area contributed by atoms with Crippen LogP contribution in [0, 0.1) is 11.3 Å². The van der Waals surface area contributed by atoms with E-state index in [-0.39, 0.29) is 5.41 Å². The van der Waals surface area contributed by atoms with Crippen LogP contribution in [0.3, 0.4) is 0 Å². The first-order valence-electron chi connectivity index (χ1n) is 9.51. The topological polar surface area (TPSA) is 3.24 Å². The van der Waals surface area contributed by atoms with Crippen molar-refractivity contribution in [2.24, 2.45) is 11.3 Å². The summed E-state index contributed by atoms with van der Waals surface area (Å²) in [7, 11) is 0. The van der Waals surface area contributed by atoms with E-state index in [1.54, 1.807) is 16.7 Å². The molecule has 0 saturated carbocycles. The summed E-state index contributed by atoms with van der Waals surface area (Å²) in [5.41, 5.74) is 5.34. The van der Waals surface area contributed by atoms with Gasteiger partial charge in [-0.05, 0) is 60.4 Å². The first kappa shape index (κ1) is 14.7. The summed E-state index contributed by atoms with van der Waals surface area (Å²) < 4.78 is 0. The Morgan fingerprint density at radius 3 is 2.42 bits per heavy atom. The predicted molar refractivity (Wildman–Crippen MR) is 99.2 cm³/mol. The zero-order chi connectivity index (χ0) is 16.4. The molecule has 0 aromatic heterocycles. The first-order chi connectivity index (χ1) is 11.6. The molecule has 2 fully saturated rings. The van der Waals surface area contributed by atoms with Gasteiger partial charge in [-0.3, -0.25) is 4.90 Å². The molecule has 1 nitrogen and oxygen atoms in total. The maximum Gasteiger partial charge on any atom is 0.0266 e. The molecular formula is C23H27N. The van der Waals surface area contributed by atoms with E-state index in [4.69, 9.17) is 0 Å².